The third kappa shape index (κ3) is 1.50. The van der Waals surface area contributed by atoms with Crippen LogP contribution in [0, 0.1) is 0 Å². The van der Waals surface area contributed by atoms with E-state index in [4.69, 9.17) is 5.73 Å². The summed E-state index contributed by atoms with van der Waals surface area (Å²) in [5.74, 6) is 0.683. The topological polar surface area (TPSA) is 74.9 Å². The smallest absolute Gasteiger partial charge is 0.149 e. The van der Waals surface area contributed by atoms with E-state index in [1.54, 1.807) is 18.2 Å². The fraction of sp³-hybridized carbons (Fsp3) is 0. The molecular weight excluding hydrogens is 214 g/mol. The van der Waals surface area contributed by atoms with E-state index in [-0.39, 0.29) is 5.75 Å². The molecule has 0 atom stereocenters. The van der Waals surface area contributed by atoms with Gasteiger partial charge in [-0.05, 0) is 24.3 Å². The van der Waals surface area contributed by atoms with E-state index in [9.17, 15) is 5.11 Å². The van der Waals surface area contributed by atoms with Crippen LogP contribution in [0.15, 0.2) is 42.5 Å². The molecule has 0 unspecified atom stereocenters. The third-order valence-corrected chi connectivity index (χ3v) is 2.71. The van der Waals surface area contributed by atoms with Gasteiger partial charge in [0.1, 0.15) is 11.6 Å². The van der Waals surface area contributed by atoms with Crippen LogP contribution in [-0.2, 0) is 0 Å². The van der Waals surface area contributed by atoms with Gasteiger partial charge in [-0.25, -0.2) is 4.98 Å². The molecule has 17 heavy (non-hydrogen) atoms. The van der Waals surface area contributed by atoms with E-state index < -0.39 is 0 Å². The van der Waals surface area contributed by atoms with E-state index in [0.29, 0.717) is 17.1 Å². The molecule has 2 aromatic carbocycles. The van der Waals surface area contributed by atoms with Gasteiger partial charge < -0.3 is 15.8 Å². The van der Waals surface area contributed by atoms with Crippen LogP contribution in [-0.4, -0.2) is 15.1 Å². The number of hydrogen-bond acceptors (Lipinski definition) is 3. The number of nitrogens with two attached hydrogens (primary N) is 1. The third-order valence-electron chi connectivity index (χ3n) is 2.71. The highest BCUT2D eigenvalue weighted by atomic mass is 16.3. The number of rotatable bonds is 1. The van der Waals surface area contributed by atoms with Crippen LogP contribution in [0.25, 0.3) is 22.4 Å². The molecule has 0 saturated heterocycles. The van der Waals surface area contributed by atoms with Crippen molar-refractivity contribution in [1.82, 2.24) is 9.97 Å². The Morgan fingerprint density at radius 3 is 2.71 bits per heavy atom. The zero-order valence-corrected chi connectivity index (χ0v) is 9.01. The Kier molecular flexibility index (Phi) is 2.01. The first-order valence-electron chi connectivity index (χ1n) is 5.28. The number of hydrogen-bond donors (Lipinski definition) is 3. The number of benzene rings is 2. The Bertz CT molecular complexity index is 655. The molecule has 4 N–H and O–H groups in total. The zero-order chi connectivity index (χ0) is 11.8. The van der Waals surface area contributed by atoms with E-state index in [1.165, 1.54) is 0 Å². The molecule has 0 aliphatic heterocycles. The molecular formula is C13H11N3O. The van der Waals surface area contributed by atoms with Gasteiger partial charge in [0.25, 0.3) is 0 Å². The monoisotopic (exact) mass is 225 g/mol. The highest BCUT2D eigenvalue weighted by Crippen LogP contribution is 2.32. The molecule has 3 aromatic rings. The van der Waals surface area contributed by atoms with E-state index in [2.05, 4.69) is 9.97 Å². The second-order valence-corrected chi connectivity index (χ2v) is 3.85. The average molecular weight is 225 g/mol. The minimum Gasteiger partial charge on any atom is -0.505 e. The molecule has 0 aliphatic carbocycles. The van der Waals surface area contributed by atoms with Gasteiger partial charge in [-0.2, -0.15) is 0 Å². The molecule has 4 heteroatoms. The lowest BCUT2D eigenvalue weighted by Gasteiger charge is -2.03. The van der Waals surface area contributed by atoms with Crippen LogP contribution in [0.4, 0.5) is 5.69 Å². The number of anilines is 1. The number of aromatic hydroxyl groups is 1. The first-order chi connectivity index (χ1) is 8.25. The minimum absolute atomic E-state index is 0.0616. The second kappa shape index (κ2) is 3.52. The van der Waals surface area contributed by atoms with E-state index in [0.717, 1.165) is 11.0 Å². The van der Waals surface area contributed by atoms with Gasteiger partial charge >= 0.3 is 0 Å². The summed E-state index contributed by atoms with van der Waals surface area (Å²) in [5.41, 5.74) is 8.42. The van der Waals surface area contributed by atoms with E-state index in [1.807, 2.05) is 24.3 Å². The summed E-state index contributed by atoms with van der Waals surface area (Å²) in [4.78, 5) is 7.57. The van der Waals surface area contributed by atoms with Crippen LogP contribution < -0.4 is 5.73 Å². The molecule has 0 amide bonds. The first-order valence-corrected chi connectivity index (χ1v) is 5.28. The van der Waals surface area contributed by atoms with Crippen LogP contribution in [0.2, 0.25) is 0 Å². The number of aromatic nitrogens is 2. The highest BCUT2D eigenvalue weighted by Gasteiger charge is 2.10. The van der Waals surface area contributed by atoms with Crippen molar-refractivity contribution < 1.29 is 5.11 Å². The summed E-state index contributed by atoms with van der Waals surface area (Å²) >= 11 is 0. The number of nitrogens with one attached hydrogen (secondary N) is 1. The summed E-state index contributed by atoms with van der Waals surface area (Å²) in [7, 11) is 0. The van der Waals surface area contributed by atoms with Crippen molar-refractivity contribution in [2.45, 2.75) is 0 Å². The van der Waals surface area contributed by atoms with Gasteiger partial charge in [0.05, 0.1) is 22.3 Å². The van der Waals surface area contributed by atoms with Crippen LogP contribution >= 0.6 is 0 Å². The van der Waals surface area contributed by atoms with Crippen molar-refractivity contribution in [2.75, 3.05) is 5.73 Å². The maximum absolute atomic E-state index is 9.89. The zero-order valence-electron chi connectivity index (χ0n) is 9.01. The van der Waals surface area contributed by atoms with Crippen LogP contribution in [0.5, 0.6) is 5.75 Å². The second-order valence-electron chi connectivity index (χ2n) is 3.85. The molecule has 0 aliphatic rings. The van der Waals surface area contributed by atoms with Gasteiger partial charge in [0.2, 0.25) is 0 Å². The molecule has 84 valence electrons. The molecule has 4 nitrogen and oxygen atoms in total. The van der Waals surface area contributed by atoms with Crippen molar-refractivity contribution >= 4 is 16.7 Å². The Balaban J connectivity index is 2.24. The Morgan fingerprint density at radius 2 is 1.88 bits per heavy atom. The number of fused-ring (bicyclic) bond motifs is 1. The molecule has 3 rings (SSSR count). The predicted octanol–water partition coefficient (Wildman–Crippen LogP) is 2.52. The summed E-state index contributed by atoms with van der Waals surface area (Å²) in [6.45, 7) is 0. The lowest BCUT2D eigenvalue weighted by Crippen LogP contribution is -1.88. The lowest BCUT2D eigenvalue weighted by atomic mass is 10.1. The number of phenols is 1. The number of H-pyrrole nitrogens is 1. The summed E-state index contributed by atoms with van der Waals surface area (Å²) < 4.78 is 0. The van der Waals surface area contributed by atoms with Crippen molar-refractivity contribution in [2.24, 2.45) is 0 Å². The number of para-hydroxylation sites is 3. The molecule has 0 spiro atoms. The maximum Gasteiger partial charge on any atom is 0.149 e. The van der Waals surface area contributed by atoms with Crippen LogP contribution in [0.3, 0.4) is 0 Å². The predicted molar refractivity (Wildman–Crippen MR) is 67.6 cm³/mol. The molecule has 1 heterocycles. The van der Waals surface area contributed by atoms with E-state index >= 15 is 0 Å². The maximum atomic E-state index is 9.89. The first kappa shape index (κ1) is 9.72. The normalized spacial score (nSPS) is 10.8. The highest BCUT2D eigenvalue weighted by molar-refractivity contribution is 5.82. The van der Waals surface area contributed by atoms with Gasteiger partial charge in [-0.1, -0.05) is 18.2 Å². The van der Waals surface area contributed by atoms with Gasteiger partial charge in [0, 0.05) is 0 Å². The Labute approximate surface area is 97.7 Å². The number of nitrogens with zero attached hydrogens (tertiary/aromatic N) is 1. The SMILES string of the molecule is Nc1cccc(-c2nc3ccccc3[nH]2)c1O. The fourth-order valence-electron chi connectivity index (χ4n) is 1.83. The quantitative estimate of drug-likeness (QED) is 0.440. The average Bonchev–Trinajstić information content (AvgIpc) is 2.76. The summed E-state index contributed by atoms with van der Waals surface area (Å²) in [6, 6.07) is 12.9. The minimum atomic E-state index is 0.0616. The largest absolute Gasteiger partial charge is 0.505 e. The van der Waals surface area contributed by atoms with Gasteiger partial charge in [-0.15, -0.1) is 0 Å². The Hall–Kier alpha value is -2.49. The Morgan fingerprint density at radius 1 is 1.06 bits per heavy atom. The number of imidazole rings is 1. The van der Waals surface area contributed by atoms with Crippen molar-refractivity contribution in [3.8, 4) is 17.1 Å². The summed E-state index contributed by atoms with van der Waals surface area (Å²) in [5, 5.41) is 9.89. The van der Waals surface area contributed by atoms with Gasteiger partial charge in [0.15, 0.2) is 0 Å². The van der Waals surface area contributed by atoms with Crippen molar-refractivity contribution in [3.63, 3.8) is 0 Å². The summed E-state index contributed by atoms with van der Waals surface area (Å²) in [6.07, 6.45) is 0. The molecule has 0 saturated carbocycles. The standard InChI is InChI=1S/C13H11N3O/c14-9-5-3-4-8(12(9)17)13-15-10-6-1-2-7-11(10)16-13/h1-7,17H,14H2,(H,15,16). The lowest BCUT2D eigenvalue weighted by molar-refractivity contribution is 0.479. The molecule has 0 bridgehead atoms. The van der Waals surface area contributed by atoms with Crippen molar-refractivity contribution in [1.29, 1.82) is 0 Å². The van der Waals surface area contributed by atoms with Crippen LogP contribution in [0.1, 0.15) is 0 Å². The number of phenolic OH excluding ortho intramolecular Hbond substituents is 1. The fourth-order valence-corrected chi connectivity index (χ4v) is 1.83. The molecule has 0 fully saturated rings. The number of nitrogen functional groups attached to an aromatic ring is 1. The van der Waals surface area contributed by atoms with Crippen molar-refractivity contribution in [3.05, 3.63) is 42.5 Å². The van der Waals surface area contributed by atoms with Gasteiger partial charge in [-0.3, -0.25) is 0 Å². The molecule has 0 radical (unpaired) electrons. The number of aromatic amines is 1. The molecule has 1 aromatic heterocycles.